The molecular weight excluding hydrogens is 354 g/mol. The standard InChI is InChI=1S/C20H12F2N2O3/c21-11-1-5-13(6-2-11)23-17-9-15-16(20(26)27-19(15)25)10-18(17)24-14-7-3-12(22)4-8-14/h1-10,23-24H. The number of hydrogen-bond acceptors (Lipinski definition) is 5. The number of nitrogens with one attached hydrogen (secondary N) is 2. The van der Waals surface area contributed by atoms with Crippen molar-refractivity contribution < 1.29 is 23.1 Å². The maximum absolute atomic E-state index is 13.1. The van der Waals surface area contributed by atoms with E-state index < -0.39 is 11.9 Å². The zero-order valence-electron chi connectivity index (χ0n) is 13.8. The molecule has 27 heavy (non-hydrogen) atoms. The zero-order chi connectivity index (χ0) is 19.0. The number of carbonyl (C=O) groups excluding carboxylic acids is 2. The van der Waals surface area contributed by atoms with Crippen LogP contribution in [-0.2, 0) is 4.74 Å². The Kier molecular flexibility index (Phi) is 4.04. The second-order valence-electron chi connectivity index (χ2n) is 5.88. The van der Waals surface area contributed by atoms with E-state index in [1.54, 1.807) is 0 Å². The van der Waals surface area contributed by atoms with Gasteiger partial charge in [-0.25, -0.2) is 18.4 Å². The molecule has 0 saturated heterocycles. The number of hydrogen-bond donors (Lipinski definition) is 2. The van der Waals surface area contributed by atoms with E-state index in [9.17, 15) is 18.4 Å². The fraction of sp³-hybridized carbons (Fsp3) is 0. The minimum Gasteiger partial charge on any atom is -0.386 e. The highest BCUT2D eigenvalue weighted by atomic mass is 19.1. The Morgan fingerprint density at radius 3 is 1.37 bits per heavy atom. The van der Waals surface area contributed by atoms with Crippen LogP contribution < -0.4 is 10.6 Å². The van der Waals surface area contributed by atoms with Gasteiger partial charge in [-0.3, -0.25) is 0 Å². The highest BCUT2D eigenvalue weighted by Crippen LogP contribution is 2.34. The van der Waals surface area contributed by atoms with Crippen LogP contribution in [0.25, 0.3) is 0 Å². The summed E-state index contributed by atoms with van der Waals surface area (Å²) in [4.78, 5) is 23.7. The molecule has 3 aromatic rings. The van der Waals surface area contributed by atoms with Crippen molar-refractivity contribution in [3.05, 3.63) is 83.4 Å². The molecule has 5 nitrogen and oxygen atoms in total. The predicted octanol–water partition coefficient (Wildman–Crippen LogP) is 4.76. The lowest BCUT2D eigenvalue weighted by Gasteiger charge is -2.15. The summed E-state index contributed by atoms with van der Waals surface area (Å²) < 4.78 is 30.9. The van der Waals surface area contributed by atoms with E-state index >= 15 is 0 Å². The topological polar surface area (TPSA) is 67.4 Å². The van der Waals surface area contributed by atoms with Gasteiger partial charge in [0.05, 0.1) is 22.5 Å². The summed E-state index contributed by atoms with van der Waals surface area (Å²) in [6.45, 7) is 0. The molecule has 1 heterocycles. The smallest absolute Gasteiger partial charge is 0.346 e. The monoisotopic (exact) mass is 366 g/mol. The van der Waals surface area contributed by atoms with Gasteiger partial charge in [0.25, 0.3) is 0 Å². The fourth-order valence-electron chi connectivity index (χ4n) is 2.72. The first-order valence-corrected chi connectivity index (χ1v) is 7.99. The van der Waals surface area contributed by atoms with Crippen LogP contribution in [0.15, 0.2) is 60.7 Å². The molecule has 0 saturated carbocycles. The van der Waals surface area contributed by atoms with Gasteiger partial charge in [-0.15, -0.1) is 0 Å². The normalized spacial score (nSPS) is 12.5. The first kappa shape index (κ1) is 16.7. The van der Waals surface area contributed by atoms with Crippen molar-refractivity contribution in [3.8, 4) is 0 Å². The molecule has 0 radical (unpaired) electrons. The Morgan fingerprint density at radius 1 is 0.630 bits per heavy atom. The quantitative estimate of drug-likeness (QED) is 0.515. The number of rotatable bonds is 4. The van der Waals surface area contributed by atoms with Gasteiger partial charge in [0.2, 0.25) is 0 Å². The number of carbonyl (C=O) groups is 2. The molecule has 0 spiro atoms. The molecule has 0 aliphatic carbocycles. The number of halogens is 2. The van der Waals surface area contributed by atoms with Crippen molar-refractivity contribution in [3.63, 3.8) is 0 Å². The molecule has 134 valence electrons. The van der Waals surface area contributed by atoms with Gasteiger partial charge < -0.3 is 15.4 Å². The lowest BCUT2D eigenvalue weighted by Crippen LogP contribution is -2.02. The average Bonchev–Trinajstić information content (AvgIpc) is 2.92. The summed E-state index contributed by atoms with van der Waals surface area (Å²) >= 11 is 0. The van der Waals surface area contributed by atoms with Crippen molar-refractivity contribution in [1.29, 1.82) is 0 Å². The van der Waals surface area contributed by atoms with Crippen LogP contribution in [0.5, 0.6) is 0 Å². The summed E-state index contributed by atoms with van der Waals surface area (Å²) in [5.74, 6) is -2.22. The average molecular weight is 366 g/mol. The predicted molar refractivity (Wildman–Crippen MR) is 95.6 cm³/mol. The van der Waals surface area contributed by atoms with Crippen molar-refractivity contribution in [2.75, 3.05) is 10.6 Å². The van der Waals surface area contributed by atoms with Crippen LogP contribution in [0, 0.1) is 11.6 Å². The first-order chi connectivity index (χ1) is 13.0. The molecule has 1 aliphatic rings. The van der Waals surface area contributed by atoms with Gasteiger partial charge in [0, 0.05) is 11.4 Å². The van der Waals surface area contributed by atoms with E-state index in [1.165, 1.54) is 60.7 Å². The Bertz CT molecular complexity index is 964. The molecular formula is C20H12F2N2O3. The SMILES string of the molecule is O=C1OC(=O)c2cc(Nc3ccc(F)cc3)c(Nc3ccc(F)cc3)cc21. The second-order valence-corrected chi connectivity index (χ2v) is 5.88. The van der Waals surface area contributed by atoms with Crippen molar-refractivity contribution in [1.82, 2.24) is 0 Å². The second kappa shape index (κ2) is 6.53. The van der Waals surface area contributed by atoms with Gasteiger partial charge in [-0.2, -0.15) is 0 Å². The maximum Gasteiger partial charge on any atom is 0.346 e. The highest BCUT2D eigenvalue weighted by molar-refractivity contribution is 6.16. The van der Waals surface area contributed by atoms with Crippen LogP contribution in [0.3, 0.4) is 0 Å². The van der Waals surface area contributed by atoms with Crippen molar-refractivity contribution in [2.24, 2.45) is 0 Å². The molecule has 3 aromatic carbocycles. The molecule has 1 aliphatic heterocycles. The lowest BCUT2D eigenvalue weighted by molar-refractivity contribution is 0.0443. The molecule has 0 fully saturated rings. The number of cyclic esters (lactones) is 2. The summed E-state index contributed by atoms with van der Waals surface area (Å²) in [6, 6.07) is 14.3. The molecule has 0 amide bonds. The summed E-state index contributed by atoms with van der Waals surface area (Å²) in [5.41, 5.74) is 2.36. The van der Waals surface area contributed by atoms with Gasteiger partial charge >= 0.3 is 11.9 Å². The third kappa shape index (κ3) is 3.35. The minimum atomic E-state index is -0.731. The van der Waals surface area contributed by atoms with Crippen molar-refractivity contribution >= 4 is 34.7 Å². The van der Waals surface area contributed by atoms with E-state index in [0.29, 0.717) is 22.7 Å². The van der Waals surface area contributed by atoms with Crippen LogP contribution >= 0.6 is 0 Å². The Labute approximate surface area is 152 Å². The summed E-state index contributed by atoms with van der Waals surface area (Å²) in [5, 5.41) is 6.15. The number of anilines is 4. The lowest BCUT2D eigenvalue weighted by atomic mass is 10.1. The van der Waals surface area contributed by atoms with Gasteiger partial charge in [0.15, 0.2) is 0 Å². The number of fused-ring (bicyclic) bond motifs is 1. The van der Waals surface area contributed by atoms with E-state index in [0.717, 1.165) is 0 Å². The largest absolute Gasteiger partial charge is 0.386 e. The van der Waals surface area contributed by atoms with Crippen LogP contribution in [0.4, 0.5) is 31.5 Å². The van der Waals surface area contributed by atoms with E-state index in [4.69, 9.17) is 0 Å². The zero-order valence-corrected chi connectivity index (χ0v) is 13.8. The van der Waals surface area contributed by atoms with E-state index in [-0.39, 0.29) is 22.8 Å². The van der Waals surface area contributed by atoms with Gasteiger partial charge in [0.1, 0.15) is 11.6 Å². The summed E-state index contributed by atoms with van der Waals surface area (Å²) in [7, 11) is 0. The third-order valence-corrected chi connectivity index (χ3v) is 4.03. The Balaban J connectivity index is 1.76. The molecule has 0 atom stereocenters. The number of esters is 2. The minimum absolute atomic E-state index is 0.134. The third-order valence-electron chi connectivity index (χ3n) is 4.03. The van der Waals surface area contributed by atoms with Gasteiger partial charge in [-0.05, 0) is 60.7 Å². The van der Waals surface area contributed by atoms with Crippen LogP contribution in [0.2, 0.25) is 0 Å². The molecule has 0 bridgehead atoms. The molecule has 0 unspecified atom stereocenters. The van der Waals surface area contributed by atoms with Gasteiger partial charge in [-0.1, -0.05) is 0 Å². The first-order valence-electron chi connectivity index (χ1n) is 7.99. The van der Waals surface area contributed by atoms with E-state index in [1.807, 2.05) is 0 Å². The van der Waals surface area contributed by atoms with Crippen molar-refractivity contribution in [2.45, 2.75) is 0 Å². The summed E-state index contributed by atoms with van der Waals surface area (Å²) in [6.07, 6.45) is 0. The Hall–Kier alpha value is -3.74. The van der Waals surface area contributed by atoms with Crippen LogP contribution in [0.1, 0.15) is 20.7 Å². The van der Waals surface area contributed by atoms with E-state index in [2.05, 4.69) is 15.4 Å². The number of ether oxygens (including phenoxy) is 1. The Morgan fingerprint density at radius 2 is 1.00 bits per heavy atom. The van der Waals surface area contributed by atoms with Crippen LogP contribution in [-0.4, -0.2) is 11.9 Å². The molecule has 0 aromatic heterocycles. The number of benzene rings is 3. The fourth-order valence-corrected chi connectivity index (χ4v) is 2.72. The molecule has 4 rings (SSSR count). The highest BCUT2D eigenvalue weighted by Gasteiger charge is 2.31. The molecule has 7 heteroatoms. The molecule has 2 N–H and O–H groups in total. The maximum atomic E-state index is 13.1.